The van der Waals surface area contributed by atoms with Crippen molar-refractivity contribution in [2.45, 2.75) is 39.1 Å². The van der Waals surface area contributed by atoms with E-state index in [1.165, 1.54) is 0 Å². The van der Waals surface area contributed by atoms with Crippen molar-refractivity contribution < 1.29 is 27.2 Å². The Kier molecular flexibility index (Phi) is 5.83. The van der Waals surface area contributed by atoms with Crippen molar-refractivity contribution in [2.24, 2.45) is 0 Å². The first kappa shape index (κ1) is 19.0. The van der Waals surface area contributed by atoms with Crippen molar-refractivity contribution in [1.82, 2.24) is 14.7 Å². The highest BCUT2D eigenvalue weighted by atomic mass is 35.5. The molecule has 25 heavy (non-hydrogen) atoms. The zero-order valence-electron chi connectivity index (χ0n) is 13.0. The number of carbonyl (C=O) groups is 1. The van der Waals surface area contributed by atoms with E-state index in [-0.39, 0.29) is 12.5 Å². The Hall–Kier alpha value is -2.36. The predicted octanol–water partition coefficient (Wildman–Crippen LogP) is 2.60. The van der Waals surface area contributed by atoms with Gasteiger partial charge in [-0.25, -0.2) is 0 Å². The van der Waals surface area contributed by atoms with Gasteiger partial charge in [-0.2, -0.15) is 18.2 Å². The Balaban J connectivity index is 2.04. The van der Waals surface area contributed by atoms with Crippen LogP contribution in [-0.2, 0) is 35.3 Å². The van der Waals surface area contributed by atoms with Gasteiger partial charge < -0.3 is 13.8 Å². The maximum Gasteiger partial charge on any atom is 0.417 e. The number of aromatic nitrogens is 3. The number of halogens is 4. The van der Waals surface area contributed by atoms with Crippen LogP contribution in [0.4, 0.5) is 13.2 Å². The molecular weight excluding hydrogens is 367 g/mol. The van der Waals surface area contributed by atoms with E-state index in [9.17, 15) is 22.8 Å². The van der Waals surface area contributed by atoms with Gasteiger partial charge in [-0.05, 0) is 12.5 Å². The first-order valence-electron chi connectivity index (χ1n) is 7.15. The second kappa shape index (κ2) is 7.68. The molecule has 0 unspecified atom stereocenters. The molecule has 0 saturated heterocycles. The molecule has 0 N–H and O–H groups in total. The number of alkyl halides is 3. The van der Waals surface area contributed by atoms with Crippen molar-refractivity contribution in [3.05, 3.63) is 44.9 Å². The Labute approximate surface area is 144 Å². The Morgan fingerprint density at radius 2 is 2.16 bits per heavy atom. The molecule has 2 aromatic heterocycles. The number of hydrogen-bond donors (Lipinski definition) is 0. The van der Waals surface area contributed by atoms with Crippen LogP contribution in [0, 0.1) is 0 Å². The largest absolute Gasteiger partial charge is 0.454 e. The zero-order valence-corrected chi connectivity index (χ0v) is 13.7. The monoisotopic (exact) mass is 379 g/mol. The third kappa shape index (κ3) is 5.05. The van der Waals surface area contributed by atoms with Gasteiger partial charge in [0.25, 0.3) is 11.4 Å². The van der Waals surface area contributed by atoms with E-state index in [0.29, 0.717) is 29.1 Å². The molecule has 0 aliphatic rings. The summed E-state index contributed by atoms with van der Waals surface area (Å²) in [6.07, 6.45) is -2.81. The van der Waals surface area contributed by atoms with E-state index < -0.39 is 34.8 Å². The number of rotatable bonds is 6. The highest BCUT2D eigenvalue weighted by molar-refractivity contribution is 6.30. The van der Waals surface area contributed by atoms with Crippen LogP contribution in [0.3, 0.4) is 0 Å². The summed E-state index contributed by atoms with van der Waals surface area (Å²) >= 11 is 5.50. The molecule has 0 aliphatic heterocycles. The van der Waals surface area contributed by atoms with Crippen LogP contribution in [0.1, 0.15) is 30.6 Å². The summed E-state index contributed by atoms with van der Waals surface area (Å²) in [5, 5.41) is 3.01. The first-order valence-corrected chi connectivity index (χ1v) is 7.52. The molecule has 7 nitrogen and oxygen atoms in total. The summed E-state index contributed by atoms with van der Waals surface area (Å²) in [6, 6.07) is 0.499. The molecule has 0 saturated carbocycles. The van der Waals surface area contributed by atoms with Gasteiger partial charge in [0.15, 0.2) is 12.4 Å². The normalized spacial score (nSPS) is 11.6. The maximum atomic E-state index is 12.7. The summed E-state index contributed by atoms with van der Waals surface area (Å²) in [6.45, 7) is 0.837. The van der Waals surface area contributed by atoms with Crippen LogP contribution in [0.25, 0.3) is 0 Å². The van der Waals surface area contributed by atoms with Crippen LogP contribution >= 0.6 is 11.6 Å². The lowest BCUT2D eigenvalue weighted by atomic mass is 10.2. The maximum absolute atomic E-state index is 12.7. The van der Waals surface area contributed by atoms with Gasteiger partial charge in [-0.1, -0.05) is 23.7 Å². The van der Waals surface area contributed by atoms with Crippen molar-refractivity contribution in [3.8, 4) is 0 Å². The molecule has 0 spiro atoms. The lowest BCUT2D eigenvalue weighted by molar-refractivity contribution is -0.147. The van der Waals surface area contributed by atoms with Gasteiger partial charge in [0.2, 0.25) is 0 Å². The number of carbonyl (C=O) groups excluding carboxylic acids is 1. The number of hydrogen-bond acceptors (Lipinski definition) is 6. The molecule has 136 valence electrons. The second-order valence-corrected chi connectivity index (χ2v) is 5.43. The summed E-state index contributed by atoms with van der Waals surface area (Å²) in [4.78, 5) is 27.5. The first-order chi connectivity index (χ1) is 11.7. The molecule has 0 fully saturated rings. The van der Waals surface area contributed by atoms with Crippen molar-refractivity contribution >= 4 is 17.6 Å². The standard InChI is InChI=1S/C14H13ClF3N3O4/c1-2-3-10-19-11(25-20-10)7-24-12(22)6-21-5-8(14(16,17)18)4-9(15)13(21)23/h4-5H,2-3,6-7H2,1H3. The van der Waals surface area contributed by atoms with Crippen molar-refractivity contribution in [1.29, 1.82) is 0 Å². The number of ether oxygens (including phenoxy) is 1. The highest BCUT2D eigenvalue weighted by Crippen LogP contribution is 2.29. The zero-order chi connectivity index (χ0) is 18.6. The molecule has 0 aliphatic carbocycles. The number of nitrogens with zero attached hydrogens (tertiary/aromatic N) is 3. The van der Waals surface area contributed by atoms with Gasteiger partial charge in [0.1, 0.15) is 11.6 Å². The quantitative estimate of drug-likeness (QED) is 0.717. The van der Waals surface area contributed by atoms with E-state index in [4.69, 9.17) is 20.9 Å². The Bertz CT molecular complexity index is 816. The minimum atomic E-state index is -4.71. The lowest BCUT2D eigenvalue weighted by Gasteiger charge is -2.11. The Morgan fingerprint density at radius 1 is 1.44 bits per heavy atom. The van der Waals surface area contributed by atoms with Gasteiger partial charge in [-0.15, -0.1) is 0 Å². The second-order valence-electron chi connectivity index (χ2n) is 5.02. The smallest absolute Gasteiger partial charge is 0.417 e. The fraction of sp³-hybridized carbons (Fsp3) is 0.429. The fourth-order valence-corrected chi connectivity index (χ4v) is 2.10. The SMILES string of the molecule is CCCc1noc(COC(=O)Cn2cc(C(F)(F)F)cc(Cl)c2=O)n1. The molecular formula is C14H13ClF3N3O4. The average Bonchev–Trinajstić information content (AvgIpc) is 2.96. The van der Waals surface area contributed by atoms with Gasteiger partial charge in [0, 0.05) is 12.6 Å². The molecule has 0 radical (unpaired) electrons. The molecule has 2 rings (SSSR count). The number of pyridine rings is 1. The van der Waals surface area contributed by atoms with Crippen molar-refractivity contribution in [2.75, 3.05) is 0 Å². The molecule has 0 aromatic carbocycles. The van der Waals surface area contributed by atoms with Crippen LogP contribution in [0.5, 0.6) is 0 Å². The molecule has 2 heterocycles. The lowest BCUT2D eigenvalue weighted by Crippen LogP contribution is -2.27. The third-order valence-corrected chi connectivity index (χ3v) is 3.28. The molecule has 0 bridgehead atoms. The van der Waals surface area contributed by atoms with Crippen LogP contribution in [0.2, 0.25) is 5.02 Å². The molecule has 2 aromatic rings. The summed E-state index contributed by atoms with van der Waals surface area (Å²) in [7, 11) is 0. The topological polar surface area (TPSA) is 87.2 Å². The molecule has 0 amide bonds. The van der Waals surface area contributed by atoms with Gasteiger partial charge >= 0.3 is 12.1 Å². The van der Waals surface area contributed by atoms with Crippen LogP contribution < -0.4 is 5.56 Å². The highest BCUT2D eigenvalue weighted by Gasteiger charge is 2.32. The average molecular weight is 380 g/mol. The summed E-state index contributed by atoms with van der Waals surface area (Å²) < 4.78 is 48.4. The van der Waals surface area contributed by atoms with E-state index in [1.807, 2.05) is 6.92 Å². The minimum absolute atomic E-state index is 0.0474. The van der Waals surface area contributed by atoms with Crippen LogP contribution in [0.15, 0.2) is 21.6 Å². The van der Waals surface area contributed by atoms with Crippen molar-refractivity contribution in [3.63, 3.8) is 0 Å². The van der Waals surface area contributed by atoms with Crippen LogP contribution in [-0.4, -0.2) is 20.7 Å². The third-order valence-electron chi connectivity index (χ3n) is 3.01. The van der Waals surface area contributed by atoms with E-state index in [1.54, 1.807) is 0 Å². The Morgan fingerprint density at radius 3 is 2.80 bits per heavy atom. The summed E-state index contributed by atoms with van der Waals surface area (Å²) in [5.41, 5.74) is -2.08. The molecule has 11 heteroatoms. The predicted molar refractivity (Wildman–Crippen MR) is 78.8 cm³/mol. The van der Waals surface area contributed by atoms with E-state index >= 15 is 0 Å². The summed E-state index contributed by atoms with van der Waals surface area (Å²) in [5.74, 6) is -0.451. The van der Waals surface area contributed by atoms with E-state index in [2.05, 4.69) is 10.1 Å². The van der Waals surface area contributed by atoms with Gasteiger partial charge in [0.05, 0.1) is 5.56 Å². The minimum Gasteiger partial charge on any atom is -0.454 e. The fourth-order valence-electron chi connectivity index (χ4n) is 1.87. The van der Waals surface area contributed by atoms with E-state index in [0.717, 1.165) is 6.42 Å². The van der Waals surface area contributed by atoms with Gasteiger partial charge in [-0.3, -0.25) is 9.59 Å². The number of esters is 1. The molecule has 0 atom stereocenters. The number of aryl methyl sites for hydroxylation is 1.